The summed E-state index contributed by atoms with van der Waals surface area (Å²) in [6.07, 6.45) is 8.47. The van der Waals surface area contributed by atoms with Crippen LogP contribution >= 0.6 is 0 Å². The van der Waals surface area contributed by atoms with E-state index in [2.05, 4.69) is 87.5 Å². The molecule has 4 aromatic rings. The third-order valence-corrected chi connectivity index (χ3v) is 18.2. The number of likely N-dealkylation sites (tertiary alicyclic amines) is 1. The van der Waals surface area contributed by atoms with Crippen molar-refractivity contribution >= 4 is 49.3 Å². The Morgan fingerprint density at radius 1 is 0.828 bits per heavy atom. The Bertz CT molecular complexity index is 2090. The third kappa shape index (κ3) is 7.82. The Hall–Kier alpha value is -4.54. The molecule has 0 aromatic heterocycles. The molecule has 8 rings (SSSR count). The van der Waals surface area contributed by atoms with Gasteiger partial charge in [-0.1, -0.05) is 149 Å². The van der Waals surface area contributed by atoms with Crippen LogP contribution in [0.4, 0.5) is 0 Å². The van der Waals surface area contributed by atoms with Crippen molar-refractivity contribution in [2.45, 2.75) is 95.6 Å². The average Bonchev–Trinajstić information content (AvgIpc) is 3.49. The number of phenols is 1. The van der Waals surface area contributed by atoms with E-state index in [-0.39, 0.29) is 40.9 Å². The van der Waals surface area contributed by atoms with Crippen LogP contribution < -0.4 is 10.4 Å². The maximum absolute atomic E-state index is 14.6. The second-order valence-corrected chi connectivity index (χ2v) is 22.1. The van der Waals surface area contributed by atoms with E-state index in [9.17, 15) is 19.7 Å². The van der Waals surface area contributed by atoms with Crippen LogP contribution in [-0.2, 0) is 18.7 Å². The SMILES string of the molecule is CC(C)(C)[Si](OCC1=C2[C@@H](CC/C(=C/c3ccc(O)cc3)c3ccccc3)OB(O)C[C@@H]2[C@@H]2C(=O)N(C3CCCCC3)C(=O)[C@@H]2C1)(c1ccccc1)c1ccccc1. The molecule has 2 saturated heterocycles. The highest BCUT2D eigenvalue weighted by Crippen LogP contribution is 2.52. The molecule has 4 atom stereocenters. The van der Waals surface area contributed by atoms with E-state index in [4.69, 9.17) is 9.08 Å². The van der Waals surface area contributed by atoms with E-state index in [0.29, 0.717) is 25.9 Å². The third-order valence-electron chi connectivity index (χ3n) is 13.2. The fourth-order valence-electron chi connectivity index (χ4n) is 10.6. The van der Waals surface area contributed by atoms with Gasteiger partial charge in [-0.15, -0.1) is 0 Å². The number of rotatable bonds is 11. The molecule has 2 amide bonds. The minimum atomic E-state index is -2.97. The molecule has 0 unspecified atom stereocenters. The summed E-state index contributed by atoms with van der Waals surface area (Å²) in [5.74, 6) is -1.25. The molecule has 58 heavy (non-hydrogen) atoms. The van der Waals surface area contributed by atoms with Crippen molar-refractivity contribution < 1.29 is 28.8 Å². The first-order valence-electron chi connectivity index (χ1n) is 21.3. The lowest BCUT2D eigenvalue weighted by atomic mass is 9.58. The van der Waals surface area contributed by atoms with Crippen LogP contribution in [0.25, 0.3) is 11.6 Å². The Morgan fingerprint density at radius 3 is 2.03 bits per heavy atom. The Labute approximate surface area is 345 Å². The predicted octanol–water partition coefficient (Wildman–Crippen LogP) is 8.42. The predicted molar refractivity (Wildman–Crippen MR) is 234 cm³/mol. The number of hydrogen-bond donors (Lipinski definition) is 2. The molecule has 9 heteroatoms. The van der Waals surface area contributed by atoms with Crippen molar-refractivity contribution in [1.29, 1.82) is 0 Å². The van der Waals surface area contributed by atoms with Gasteiger partial charge < -0.3 is 19.2 Å². The van der Waals surface area contributed by atoms with E-state index in [1.807, 2.05) is 42.5 Å². The van der Waals surface area contributed by atoms with Gasteiger partial charge in [0, 0.05) is 6.04 Å². The summed E-state index contributed by atoms with van der Waals surface area (Å²) >= 11 is 0. The summed E-state index contributed by atoms with van der Waals surface area (Å²) < 4.78 is 14.1. The number of amides is 2. The van der Waals surface area contributed by atoms with E-state index in [1.54, 1.807) is 17.0 Å². The van der Waals surface area contributed by atoms with E-state index in [1.165, 1.54) is 10.4 Å². The maximum Gasteiger partial charge on any atom is 0.455 e. The van der Waals surface area contributed by atoms with Crippen LogP contribution in [0.3, 0.4) is 0 Å². The topological polar surface area (TPSA) is 96.3 Å². The second-order valence-electron chi connectivity index (χ2n) is 17.8. The first kappa shape index (κ1) is 40.3. The fraction of sp³-hybridized carbons (Fsp3) is 0.388. The van der Waals surface area contributed by atoms with Crippen LogP contribution in [-0.4, -0.2) is 61.0 Å². The Kier molecular flexibility index (Phi) is 11.8. The number of aromatic hydroxyl groups is 1. The van der Waals surface area contributed by atoms with E-state index >= 15 is 0 Å². The zero-order chi connectivity index (χ0) is 40.4. The summed E-state index contributed by atoms with van der Waals surface area (Å²) in [5, 5.41) is 23.6. The molecule has 0 bridgehead atoms. The van der Waals surface area contributed by atoms with Crippen molar-refractivity contribution in [2.24, 2.45) is 17.8 Å². The summed E-state index contributed by atoms with van der Waals surface area (Å²) in [5.41, 5.74) is 5.22. The summed E-state index contributed by atoms with van der Waals surface area (Å²) in [6.45, 7) is 7.11. The number of carbonyl (C=O) groups is 2. The molecular formula is C49H56BNO6Si. The minimum absolute atomic E-state index is 0.0513. The van der Waals surface area contributed by atoms with Gasteiger partial charge in [0.2, 0.25) is 11.8 Å². The zero-order valence-electron chi connectivity index (χ0n) is 34.1. The summed E-state index contributed by atoms with van der Waals surface area (Å²) in [6, 6.07) is 38.6. The molecule has 0 spiro atoms. The van der Waals surface area contributed by atoms with Crippen molar-refractivity contribution in [3.05, 3.63) is 138 Å². The van der Waals surface area contributed by atoms with Crippen LogP contribution in [0.5, 0.6) is 5.75 Å². The van der Waals surface area contributed by atoms with Gasteiger partial charge in [0.1, 0.15) is 5.75 Å². The zero-order valence-corrected chi connectivity index (χ0v) is 35.1. The Balaban J connectivity index is 1.21. The van der Waals surface area contributed by atoms with Gasteiger partial charge in [-0.3, -0.25) is 14.5 Å². The number of phenolic OH excluding ortho intramolecular Hbond substituents is 1. The number of allylic oxidation sites excluding steroid dienone is 1. The Morgan fingerprint density at radius 2 is 1.43 bits per heavy atom. The highest BCUT2D eigenvalue weighted by molar-refractivity contribution is 6.99. The number of benzene rings is 4. The minimum Gasteiger partial charge on any atom is -0.508 e. The van der Waals surface area contributed by atoms with Crippen LogP contribution in [0.15, 0.2) is 126 Å². The second kappa shape index (κ2) is 17.0. The van der Waals surface area contributed by atoms with Crippen molar-refractivity contribution in [3.8, 4) is 5.75 Å². The first-order valence-corrected chi connectivity index (χ1v) is 23.2. The van der Waals surface area contributed by atoms with Crippen molar-refractivity contribution in [2.75, 3.05) is 6.61 Å². The van der Waals surface area contributed by atoms with E-state index in [0.717, 1.165) is 60.0 Å². The molecule has 2 aliphatic carbocycles. The smallest absolute Gasteiger partial charge is 0.455 e. The standard InChI is InChI=1S/C49H56BNO6Si/c1-49(2,3)58(40-20-12-6-13-21-40,41-22-14-7-15-23-41)56-33-37-31-42-46(48(54)51(47(42)53)38-18-10-5-11-19-38)43-32-50(55)57-44(45(37)43)29-26-36(35-16-8-4-9-17-35)30-34-24-27-39(52)28-25-34/h4,6-9,12-17,20-25,27-28,30,38,42-44,46,52,55H,5,10-11,18-19,26,29,31-33H2,1-3H3/b36-30-/t42-,43+,44-,46-/m1/s1. The molecule has 4 aliphatic rings. The van der Waals surface area contributed by atoms with E-state index < -0.39 is 33.4 Å². The molecule has 3 fully saturated rings. The molecule has 2 aliphatic heterocycles. The molecule has 7 nitrogen and oxygen atoms in total. The van der Waals surface area contributed by atoms with Gasteiger partial charge >= 0.3 is 7.12 Å². The number of imide groups is 1. The van der Waals surface area contributed by atoms with Crippen LogP contribution in [0.2, 0.25) is 11.4 Å². The number of carbonyl (C=O) groups excluding carboxylic acids is 2. The van der Waals surface area contributed by atoms with Crippen molar-refractivity contribution in [3.63, 3.8) is 0 Å². The summed E-state index contributed by atoms with van der Waals surface area (Å²) in [4.78, 5) is 30.8. The van der Waals surface area contributed by atoms with Gasteiger partial charge in [0.15, 0.2) is 0 Å². The summed E-state index contributed by atoms with van der Waals surface area (Å²) in [7, 11) is -4.04. The monoisotopic (exact) mass is 793 g/mol. The highest BCUT2D eigenvalue weighted by atomic mass is 28.4. The molecular weight excluding hydrogens is 737 g/mol. The van der Waals surface area contributed by atoms with Gasteiger partial charge in [0.05, 0.1) is 24.5 Å². The van der Waals surface area contributed by atoms with Gasteiger partial charge in [-0.05, 0) is 99.7 Å². The molecule has 4 aromatic carbocycles. The lowest BCUT2D eigenvalue weighted by molar-refractivity contribution is -0.143. The van der Waals surface area contributed by atoms with Crippen molar-refractivity contribution in [1.82, 2.24) is 4.90 Å². The first-order chi connectivity index (χ1) is 28.0. The molecule has 2 heterocycles. The largest absolute Gasteiger partial charge is 0.508 e. The number of fused-ring (bicyclic) bond motifs is 3. The number of hydrogen-bond acceptors (Lipinski definition) is 6. The highest BCUT2D eigenvalue weighted by Gasteiger charge is 2.59. The normalized spacial score (nSPS) is 23.3. The van der Waals surface area contributed by atoms with Gasteiger partial charge in [-0.2, -0.15) is 0 Å². The van der Waals surface area contributed by atoms with Gasteiger partial charge in [0.25, 0.3) is 8.32 Å². The average molecular weight is 794 g/mol. The molecule has 2 N–H and O–H groups in total. The maximum atomic E-state index is 14.6. The molecule has 1 saturated carbocycles. The quantitative estimate of drug-likeness (QED) is 0.0686. The number of nitrogens with zero attached hydrogens (tertiary/aromatic N) is 1. The van der Waals surface area contributed by atoms with Crippen LogP contribution in [0.1, 0.15) is 83.3 Å². The van der Waals surface area contributed by atoms with Crippen LogP contribution in [0, 0.1) is 17.8 Å². The fourth-order valence-corrected chi connectivity index (χ4v) is 15.1. The lowest BCUT2D eigenvalue weighted by Gasteiger charge is -2.46. The lowest BCUT2D eigenvalue weighted by Crippen LogP contribution is -2.66. The molecule has 300 valence electrons. The molecule has 0 radical (unpaired) electrons. The van der Waals surface area contributed by atoms with Gasteiger partial charge in [-0.25, -0.2) is 0 Å².